The average molecular weight is 248 g/mol. The number of nitrogens with zero attached hydrogens (tertiary/aromatic N) is 2. The Morgan fingerprint density at radius 2 is 2.29 bits per heavy atom. The van der Waals surface area contributed by atoms with Gasteiger partial charge in [-0.15, -0.1) is 11.3 Å². The molecule has 0 aliphatic rings. The highest BCUT2D eigenvalue weighted by molar-refractivity contribution is 7.09. The smallest absolute Gasteiger partial charge is 0.128 e. The van der Waals surface area contributed by atoms with Crippen molar-refractivity contribution in [3.63, 3.8) is 0 Å². The summed E-state index contributed by atoms with van der Waals surface area (Å²) in [5.74, 6) is 0.801. The van der Waals surface area contributed by atoms with Crippen LogP contribution in [0, 0.1) is 6.92 Å². The number of hydrogen-bond donors (Lipinski definition) is 2. The van der Waals surface area contributed by atoms with Gasteiger partial charge >= 0.3 is 0 Å². The highest BCUT2D eigenvalue weighted by Crippen LogP contribution is 2.24. The number of rotatable bonds is 4. The first kappa shape index (κ1) is 11.9. The standard InChI is InChI=1S/C12H16N4S/c1-3-10(12-14-4-5-17-12)16-11-6-9(13)8(2)7-15-11/h4-7,10H,3H2,1-2H3,(H3,13,15,16). The van der Waals surface area contributed by atoms with E-state index >= 15 is 0 Å². The molecular weight excluding hydrogens is 232 g/mol. The van der Waals surface area contributed by atoms with Gasteiger partial charge in [-0.25, -0.2) is 9.97 Å². The predicted octanol–water partition coefficient (Wildman–Crippen LogP) is 2.99. The third-order valence-corrected chi connectivity index (χ3v) is 3.51. The van der Waals surface area contributed by atoms with E-state index in [1.807, 2.05) is 24.6 Å². The molecule has 2 rings (SSSR count). The lowest BCUT2D eigenvalue weighted by Gasteiger charge is -2.15. The molecule has 5 heteroatoms. The number of aromatic nitrogens is 2. The molecular formula is C12H16N4S. The quantitative estimate of drug-likeness (QED) is 0.873. The molecule has 0 radical (unpaired) electrons. The van der Waals surface area contributed by atoms with Gasteiger partial charge in [0.25, 0.3) is 0 Å². The fraction of sp³-hybridized carbons (Fsp3) is 0.333. The van der Waals surface area contributed by atoms with Gasteiger partial charge in [0, 0.05) is 29.5 Å². The maximum absolute atomic E-state index is 5.86. The molecule has 4 nitrogen and oxygen atoms in total. The van der Waals surface area contributed by atoms with E-state index in [1.54, 1.807) is 17.5 Å². The molecule has 0 fully saturated rings. The van der Waals surface area contributed by atoms with E-state index in [-0.39, 0.29) is 6.04 Å². The van der Waals surface area contributed by atoms with Crippen LogP contribution in [-0.2, 0) is 0 Å². The van der Waals surface area contributed by atoms with Gasteiger partial charge in [0.05, 0.1) is 6.04 Å². The van der Waals surface area contributed by atoms with Crippen LogP contribution in [0.4, 0.5) is 11.5 Å². The summed E-state index contributed by atoms with van der Waals surface area (Å²) in [5, 5.41) is 6.42. The minimum atomic E-state index is 0.199. The van der Waals surface area contributed by atoms with Crippen LogP contribution >= 0.6 is 11.3 Å². The van der Waals surface area contributed by atoms with Crippen molar-refractivity contribution in [2.24, 2.45) is 0 Å². The zero-order chi connectivity index (χ0) is 12.3. The topological polar surface area (TPSA) is 63.8 Å². The summed E-state index contributed by atoms with van der Waals surface area (Å²) in [5.41, 5.74) is 7.62. The predicted molar refractivity (Wildman–Crippen MR) is 72.2 cm³/mol. The Balaban J connectivity index is 2.16. The Bertz CT molecular complexity index is 481. The van der Waals surface area contributed by atoms with Crippen molar-refractivity contribution in [2.75, 3.05) is 11.1 Å². The van der Waals surface area contributed by atoms with E-state index in [1.165, 1.54) is 0 Å². The molecule has 17 heavy (non-hydrogen) atoms. The molecule has 0 aliphatic heterocycles. The van der Waals surface area contributed by atoms with Crippen molar-refractivity contribution in [2.45, 2.75) is 26.3 Å². The maximum atomic E-state index is 5.86. The summed E-state index contributed by atoms with van der Waals surface area (Å²) >= 11 is 1.65. The van der Waals surface area contributed by atoms with Crippen molar-refractivity contribution < 1.29 is 0 Å². The molecule has 90 valence electrons. The Hall–Kier alpha value is -1.62. The van der Waals surface area contributed by atoms with E-state index in [9.17, 15) is 0 Å². The molecule has 0 saturated carbocycles. The van der Waals surface area contributed by atoms with Crippen LogP contribution in [0.1, 0.15) is 30.0 Å². The molecule has 2 heterocycles. The molecule has 1 atom stereocenters. The van der Waals surface area contributed by atoms with Gasteiger partial charge in [-0.05, 0) is 18.9 Å². The summed E-state index contributed by atoms with van der Waals surface area (Å²) in [6, 6.07) is 2.07. The molecule has 1 unspecified atom stereocenters. The normalized spacial score (nSPS) is 12.4. The second kappa shape index (κ2) is 5.14. The highest BCUT2D eigenvalue weighted by Gasteiger charge is 2.12. The van der Waals surface area contributed by atoms with Crippen LogP contribution in [0.15, 0.2) is 23.8 Å². The van der Waals surface area contributed by atoms with Gasteiger partial charge in [0.1, 0.15) is 10.8 Å². The van der Waals surface area contributed by atoms with Crippen LogP contribution in [0.25, 0.3) is 0 Å². The van der Waals surface area contributed by atoms with Gasteiger partial charge in [0.2, 0.25) is 0 Å². The SMILES string of the molecule is CCC(Nc1cc(N)c(C)cn1)c1nccs1. The lowest BCUT2D eigenvalue weighted by molar-refractivity contribution is 0.737. The summed E-state index contributed by atoms with van der Waals surface area (Å²) in [4.78, 5) is 8.64. The fourth-order valence-corrected chi connectivity index (χ4v) is 2.31. The third-order valence-electron chi connectivity index (χ3n) is 2.62. The first-order chi connectivity index (χ1) is 8.20. The van der Waals surface area contributed by atoms with Crippen molar-refractivity contribution in [3.8, 4) is 0 Å². The van der Waals surface area contributed by atoms with Crippen molar-refractivity contribution in [1.29, 1.82) is 0 Å². The molecule has 3 N–H and O–H groups in total. The average Bonchev–Trinajstić information content (AvgIpc) is 2.84. The summed E-state index contributed by atoms with van der Waals surface area (Å²) in [7, 11) is 0. The van der Waals surface area contributed by atoms with E-state index in [4.69, 9.17) is 5.73 Å². The zero-order valence-electron chi connectivity index (χ0n) is 9.97. The van der Waals surface area contributed by atoms with Gasteiger partial charge < -0.3 is 11.1 Å². The first-order valence-corrected chi connectivity index (χ1v) is 6.46. The monoisotopic (exact) mass is 248 g/mol. The van der Waals surface area contributed by atoms with Crippen LogP contribution in [-0.4, -0.2) is 9.97 Å². The fourth-order valence-electron chi connectivity index (χ4n) is 1.54. The first-order valence-electron chi connectivity index (χ1n) is 5.58. The number of hydrogen-bond acceptors (Lipinski definition) is 5. The minimum Gasteiger partial charge on any atom is -0.398 e. The lowest BCUT2D eigenvalue weighted by Crippen LogP contribution is -2.10. The van der Waals surface area contributed by atoms with Gasteiger partial charge in [-0.2, -0.15) is 0 Å². The van der Waals surface area contributed by atoms with Gasteiger partial charge in [-0.1, -0.05) is 6.92 Å². The Labute approximate surface area is 105 Å². The van der Waals surface area contributed by atoms with Crippen LogP contribution in [0.5, 0.6) is 0 Å². The van der Waals surface area contributed by atoms with E-state index in [0.29, 0.717) is 0 Å². The van der Waals surface area contributed by atoms with Crippen LogP contribution in [0.2, 0.25) is 0 Å². The van der Waals surface area contributed by atoms with E-state index in [2.05, 4.69) is 22.2 Å². The van der Waals surface area contributed by atoms with Crippen molar-refractivity contribution >= 4 is 22.8 Å². The maximum Gasteiger partial charge on any atom is 0.128 e. The molecule has 0 aromatic carbocycles. The Morgan fingerprint density at radius 1 is 1.47 bits per heavy atom. The number of pyridine rings is 1. The molecule has 2 aromatic rings. The summed E-state index contributed by atoms with van der Waals surface area (Å²) in [6.45, 7) is 4.07. The Kier molecular flexibility index (Phi) is 3.58. The second-order valence-electron chi connectivity index (χ2n) is 3.90. The number of nitrogen functional groups attached to an aromatic ring is 1. The van der Waals surface area contributed by atoms with Crippen molar-refractivity contribution in [3.05, 3.63) is 34.4 Å². The van der Waals surface area contributed by atoms with Crippen LogP contribution in [0.3, 0.4) is 0 Å². The Morgan fingerprint density at radius 3 is 2.88 bits per heavy atom. The highest BCUT2D eigenvalue weighted by atomic mass is 32.1. The van der Waals surface area contributed by atoms with Gasteiger partial charge in [0.15, 0.2) is 0 Å². The molecule has 0 amide bonds. The molecule has 0 aliphatic carbocycles. The molecule has 0 bridgehead atoms. The molecule has 0 saturated heterocycles. The van der Waals surface area contributed by atoms with E-state index < -0.39 is 0 Å². The number of anilines is 2. The van der Waals surface area contributed by atoms with Crippen molar-refractivity contribution in [1.82, 2.24) is 9.97 Å². The minimum absolute atomic E-state index is 0.199. The lowest BCUT2D eigenvalue weighted by atomic mass is 10.2. The third kappa shape index (κ3) is 2.74. The largest absolute Gasteiger partial charge is 0.398 e. The number of thiazole rings is 1. The van der Waals surface area contributed by atoms with E-state index in [0.717, 1.165) is 28.5 Å². The number of nitrogens with two attached hydrogens (primary N) is 1. The van der Waals surface area contributed by atoms with Crippen LogP contribution < -0.4 is 11.1 Å². The number of aryl methyl sites for hydroxylation is 1. The second-order valence-corrected chi connectivity index (χ2v) is 4.83. The molecule has 0 spiro atoms. The van der Waals surface area contributed by atoms with Gasteiger partial charge in [-0.3, -0.25) is 0 Å². The summed E-state index contributed by atoms with van der Waals surface area (Å²) in [6.07, 6.45) is 4.57. The zero-order valence-corrected chi connectivity index (χ0v) is 10.8. The summed E-state index contributed by atoms with van der Waals surface area (Å²) < 4.78 is 0. The molecule has 2 aromatic heterocycles. The number of nitrogens with one attached hydrogen (secondary N) is 1.